The minimum absolute atomic E-state index is 0.0569. The van der Waals surface area contributed by atoms with Gasteiger partial charge in [0.15, 0.2) is 0 Å². The van der Waals surface area contributed by atoms with Gasteiger partial charge in [0.05, 0.1) is 14.8 Å². The Balaban J connectivity index is 2.52. The van der Waals surface area contributed by atoms with Crippen LogP contribution < -0.4 is 4.90 Å². The summed E-state index contributed by atoms with van der Waals surface area (Å²) in [4.78, 5) is 27.1. The lowest BCUT2D eigenvalue weighted by molar-refractivity contribution is -0.384. The highest BCUT2D eigenvalue weighted by molar-refractivity contribution is 9.10. The molecule has 1 saturated heterocycles. The van der Waals surface area contributed by atoms with Crippen molar-refractivity contribution in [2.24, 2.45) is 0 Å². The monoisotopic (exact) mass is 353 g/mol. The number of anilines is 1. The van der Waals surface area contributed by atoms with Crippen LogP contribution in [-0.2, 0) is 4.79 Å². The van der Waals surface area contributed by atoms with E-state index in [9.17, 15) is 14.9 Å². The van der Waals surface area contributed by atoms with Gasteiger partial charge in [-0.1, -0.05) is 11.6 Å². The lowest BCUT2D eigenvalue weighted by Gasteiger charge is -2.15. The lowest BCUT2D eigenvalue weighted by Crippen LogP contribution is -2.26. The molecule has 1 unspecified atom stereocenters. The third-order valence-electron chi connectivity index (χ3n) is 2.42. The second-order valence-electron chi connectivity index (χ2n) is 3.67. The molecule has 2 heterocycles. The largest absolute Gasteiger partial charge is 0.313 e. The summed E-state index contributed by atoms with van der Waals surface area (Å²) in [5.41, 5.74) is -0.287. The molecule has 1 fully saturated rings. The number of amides is 1. The first kappa shape index (κ1) is 13.5. The maximum Gasteiger partial charge on any atom is 0.313 e. The van der Waals surface area contributed by atoms with Gasteiger partial charge in [0.25, 0.3) is 0 Å². The van der Waals surface area contributed by atoms with Crippen LogP contribution in [0.3, 0.4) is 0 Å². The smallest absolute Gasteiger partial charge is 0.289 e. The Morgan fingerprint density at radius 3 is 2.78 bits per heavy atom. The lowest BCUT2D eigenvalue weighted by atomic mass is 10.3. The summed E-state index contributed by atoms with van der Waals surface area (Å²) in [6, 6.07) is 1.22. The van der Waals surface area contributed by atoms with Crippen LogP contribution in [-0.4, -0.2) is 27.7 Å². The molecular formula is C9H6BrCl2N3O3. The van der Waals surface area contributed by atoms with E-state index in [1.165, 1.54) is 11.0 Å². The zero-order valence-electron chi connectivity index (χ0n) is 8.77. The first-order valence-electron chi connectivity index (χ1n) is 4.85. The fourth-order valence-electron chi connectivity index (χ4n) is 1.65. The van der Waals surface area contributed by atoms with E-state index in [1.807, 2.05) is 0 Å². The topological polar surface area (TPSA) is 76.3 Å². The molecule has 1 aliphatic rings. The van der Waals surface area contributed by atoms with E-state index in [0.29, 0.717) is 4.47 Å². The number of halogens is 3. The first-order chi connectivity index (χ1) is 8.40. The predicted octanol–water partition coefficient (Wildman–Crippen LogP) is 2.75. The molecule has 0 saturated carbocycles. The molecule has 0 aliphatic carbocycles. The third-order valence-corrected chi connectivity index (χ3v) is 3.84. The molecule has 0 spiro atoms. The van der Waals surface area contributed by atoms with E-state index >= 15 is 0 Å². The Hall–Kier alpha value is -0.920. The van der Waals surface area contributed by atoms with E-state index < -0.39 is 4.92 Å². The van der Waals surface area contributed by atoms with Crippen LogP contribution in [0.15, 0.2) is 10.5 Å². The number of carbonyl (C=O) groups excluding carboxylic acids is 1. The van der Waals surface area contributed by atoms with Gasteiger partial charge in [-0.15, -0.1) is 11.6 Å². The first-order valence-corrected chi connectivity index (χ1v) is 6.45. The quantitative estimate of drug-likeness (QED) is 0.354. The summed E-state index contributed by atoms with van der Waals surface area (Å²) in [6.07, 6.45) is 0.133. The molecule has 0 N–H and O–H groups in total. The molecule has 1 aromatic heterocycles. The number of nitro groups is 1. The Kier molecular flexibility index (Phi) is 3.74. The van der Waals surface area contributed by atoms with Gasteiger partial charge in [0, 0.05) is 19.0 Å². The molecule has 1 aliphatic heterocycles. The van der Waals surface area contributed by atoms with Gasteiger partial charge in [0.1, 0.15) is 5.15 Å². The second kappa shape index (κ2) is 4.99. The van der Waals surface area contributed by atoms with Crippen molar-refractivity contribution >= 4 is 56.5 Å². The molecule has 1 atom stereocenters. The van der Waals surface area contributed by atoms with Crippen LogP contribution in [0.4, 0.5) is 11.5 Å². The maximum atomic E-state index is 11.7. The average molecular weight is 355 g/mol. The molecule has 0 bridgehead atoms. The number of hydrogen-bond donors (Lipinski definition) is 0. The van der Waals surface area contributed by atoms with Crippen molar-refractivity contribution in [2.75, 3.05) is 11.4 Å². The molecule has 1 aromatic rings. The Bertz CT molecular complexity index is 540. The maximum absolute atomic E-state index is 11.7. The molecule has 0 aromatic carbocycles. The van der Waals surface area contributed by atoms with Gasteiger partial charge >= 0.3 is 5.69 Å². The van der Waals surface area contributed by atoms with Gasteiger partial charge in [0.2, 0.25) is 11.7 Å². The van der Waals surface area contributed by atoms with Crippen molar-refractivity contribution in [3.63, 3.8) is 0 Å². The number of rotatable bonds is 2. The summed E-state index contributed by atoms with van der Waals surface area (Å²) >= 11 is 14.7. The van der Waals surface area contributed by atoms with Crippen LogP contribution in [0, 0.1) is 10.1 Å². The van der Waals surface area contributed by atoms with Crippen molar-refractivity contribution in [1.82, 2.24) is 4.98 Å². The molecule has 96 valence electrons. The second-order valence-corrected chi connectivity index (χ2v) is 5.50. The highest BCUT2D eigenvalue weighted by atomic mass is 79.9. The number of hydrogen-bond acceptors (Lipinski definition) is 4. The number of nitrogens with zero attached hydrogens (tertiary/aromatic N) is 3. The standard InChI is InChI=1S/C9H6BrCl2N3O3/c10-5-2-6(15(17)18)9(13-8(5)12)14-3-4(11)1-7(14)16/h2,4H,1,3H2. The predicted molar refractivity (Wildman–Crippen MR) is 70.2 cm³/mol. The Labute approximate surface area is 120 Å². The van der Waals surface area contributed by atoms with Crippen molar-refractivity contribution in [1.29, 1.82) is 0 Å². The molecule has 18 heavy (non-hydrogen) atoms. The number of pyridine rings is 1. The van der Waals surface area contributed by atoms with Crippen molar-refractivity contribution in [2.45, 2.75) is 11.8 Å². The zero-order valence-corrected chi connectivity index (χ0v) is 11.9. The Morgan fingerprint density at radius 2 is 2.28 bits per heavy atom. The fraction of sp³-hybridized carbons (Fsp3) is 0.333. The van der Waals surface area contributed by atoms with Crippen molar-refractivity contribution < 1.29 is 9.72 Å². The number of aromatic nitrogens is 1. The van der Waals surface area contributed by atoms with Crippen LogP contribution >= 0.6 is 39.1 Å². The summed E-state index contributed by atoms with van der Waals surface area (Å²) in [5.74, 6) is -0.370. The van der Waals surface area contributed by atoms with Crippen LogP contribution in [0.25, 0.3) is 0 Å². The molecule has 0 radical (unpaired) electrons. The summed E-state index contributed by atoms with van der Waals surface area (Å²) in [6.45, 7) is 0.187. The van der Waals surface area contributed by atoms with Crippen LogP contribution in [0.1, 0.15) is 6.42 Å². The van der Waals surface area contributed by atoms with Crippen molar-refractivity contribution in [3.8, 4) is 0 Å². The normalized spacial score (nSPS) is 19.4. The van der Waals surface area contributed by atoms with E-state index in [0.717, 1.165) is 0 Å². The summed E-state index contributed by atoms with van der Waals surface area (Å²) in [5, 5.41) is 10.6. The highest BCUT2D eigenvalue weighted by Gasteiger charge is 2.35. The molecule has 1 amide bonds. The minimum Gasteiger partial charge on any atom is -0.289 e. The van der Waals surface area contributed by atoms with Gasteiger partial charge < -0.3 is 0 Å². The SMILES string of the molecule is O=C1CC(Cl)CN1c1nc(Cl)c(Br)cc1[N+](=O)[O-]. The third kappa shape index (κ3) is 2.43. The van der Waals surface area contributed by atoms with Crippen molar-refractivity contribution in [3.05, 3.63) is 25.8 Å². The van der Waals surface area contributed by atoms with Crippen LogP contribution in [0.2, 0.25) is 5.15 Å². The number of alkyl halides is 1. The van der Waals surface area contributed by atoms with Crippen LogP contribution in [0.5, 0.6) is 0 Å². The van der Waals surface area contributed by atoms with E-state index in [4.69, 9.17) is 23.2 Å². The van der Waals surface area contributed by atoms with E-state index in [-0.39, 0.29) is 40.9 Å². The van der Waals surface area contributed by atoms with Gasteiger partial charge in [-0.3, -0.25) is 19.8 Å². The van der Waals surface area contributed by atoms with E-state index in [1.54, 1.807) is 0 Å². The fourth-order valence-corrected chi connectivity index (χ4v) is 2.36. The molecule has 9 heteroatoms. The molecule has 2 rings (SSSR count). The summed E-state index contributed by atoms with van der Waals surface area (Å²) < 4.78 is 0.300. The van der Waals surface area contributed by atoms with Gasteiger partial charge in [-0.05, 0) is 15.9 Å². The average Bonchev–Trinajstić information content (AvgIpc) is 2.61. The molecular weight excluding hydrogens is 349 g/mol. The summed E-state index contributed by atoms with van der Waals surface area (Å²) in [7, 11) is 0. The van der Waals surface area contributed by atoms with E-state index in [2.05, 4.69) is 20.9 Å². The molecule has 6 nitrogen and oxygen atoms in total. The minimum atomic E-state index is -0.613. The van der Waals surface area contributed by atoms with Gasteiger partial charge in [-0.2, -0.15) is 0 Å². The van der Waals surface area contributed by atoms with Gasteiger partial charge in [-0.25, -0.2) is 4.98 Å². The Morgan fingerprint density at radius 1 is 1.61 bits per heavy atom. The zero-order chi connectivity index (χ0) is 13.4. The highest BCUT2D eigenvalue weighted by Crippen LogP contribution is 2.35. The number of carbonyl (C=O) groups is 1.